The molecule has 0 atom stereocenters. The van der Waals surface area contributed by atoms with Crippen LogP contribution in [0.25, 0.3) is 6.08 Å². The minimum Gasteiger partial charge on any atom is -0.545 e. The van der Waals surface area contributed by atoms with E-state index in [4.69, 9.17) is 0 Å². The highest BCUT2D eigenvalue weighted by Gasteiger charge is 2.02. The fourth-order valence-electron chi connectivity index (χ4n) is 1.01. The standard InChI is InChI=1S/C11H10O4/c1-15-11(14)9-5-2-8(3-6-9)4-7-10(12)13/h2-7H,1H3,(H,12,13)/p-1/b7-4+. The largest absolute Gasteiger partial charge is 0.545 e. The summed E-state index contributed by atoms with van der Waals surface area (Å²) in [6.07, 6.45) is 2.31. The van der Waals surface area contributed by atoms with Crippen LogP contribution in [0.3, 0.4) is 0 Å². The van der Waals surface area contributed by atoms with Crippen LogP contribution in [0.2, 0.25) is 0 Å². The van der Waals surface area contributed by atoms with Crippen LogP contribution in [0.15, 0.2) is 30.3 Å². The molecule has 1 aromatic carbocycles. The van der Waals surface area contributed by atoms with Crippen LogP contribution < -0.4 is 5.11 Å². The highest BCUT2D eigenvalue weighted by Crippen LogP contribution is 2.06. The minimum atomic E-state index is -1.26. The number of esters is 1. The number of benzene rings is 1. The van der Waals surface area contributed by atoms with Gasteiger partial charge in [0.2, 0.25) is 0 Å². The lowest BCUT2D eigenvalue weighted by Crippen LogP contribution is -2.18. The Kier molecular flexibility index (Phi) is 3.62. The Hall–Kier alpha value is -2.10. The third-order valence-corrected chi connectivity index (χ3v) is 1.74. The van der Waals surface area contributed by atoms with Gasteiger partial charge < -0.3 is 14.6 Å². The Morgan fingerprint density at radius 2 is 1.87 bits per heavy atom. The number of methoxy groups -OCH3 is 1. The maximum atomic E-state index is 11.0. The summed E-state index contributed by atoms with van der Waals surface area (Å²) in [7, 11) is 1.30. The molecule has 78 valence electrons. The van der Waals surface area contributed by atoms with E-state index in [0.29, 0.717) is 11.1 Å². The second kappa shape index (κ2) is 4.95. The first kappa shape index (κ1) is 11.0. The Labute approximate surface area is 86.8 Å². The maximum Gasteiger partial charge on any atom is 0.337 e. The van der Waals surface area contributed by atoms with Crippen molar-refractivity contribution in [2.45, 2.75) is 0 Å². The average molecular weight is 205 g/mol. The molecule has 0 aliphatic rings. The zero-order valence-corrected chi connectivity index (χ0v) is 8.10. The molecular weight excluding hydrogens is 196 g/mol. The van der Waals surface area contributed by atoms with Crippen LogP contribution in [0, 0.1) is 0 Å². The third-order valence-electron chi connectivity index (χ3n) is 1.74. The molecule has 0 unspecified atom stereocenters. The Morgan fingerprint density at radius 1 is 1.27 bits per heavy atom. The Bertz CT molecular complexity index is 390. The predicted molar refractivity (Wildman–Crippen MR) is 51.8 cm³/mol. The molecule has 4 heteroatoms. The van der Waals surface area contributed by atoms with E-state index in [1.54, 1.807) is 24.3 Å². The van der Waals surface area contributed by atoms with Crippen molar-refractivity contribution in [2.75, 3.05) is 7.11 Å². The van der Waals surface area contributed by atoms with Gasteiger partial charge in [0.15, 0.2) is 0 Å². The van der Waals surface area contributed by atoms with E-state index in [2.05, 4.69) is 4.74 Å². The summed E-state index contributed by atoms with van der Waals surface area (Å²) in [6.45, 7) is 0. The van der Waals surface area contributed by atoms with E-state index in [1.165, 1.54) is 13.2 Å². The zero-order valence-electron chi connectivity index (χ0n) is 8.10. The van der Waals surface area contributed by atoms with Crippen LogP contribution in [0.5, 0.6) is 0 Å². The summed E-state index contributed by atoms with van der Waals surface area (Å²) < 4.78 is 4.51. The van der Waals surface area contributed by atoms with Gasteiger partial charge >= 0.3 is 5.97 Å². The van der Waals surface area contributed by atoms with Gasteiger partial charge in [0, 0.05) is 0 Å². The fraction of sp³-hybridized carbons (Fsp3) is 0.0909. The van der Waals surface area contributed by atoms with E-state index < -0.39 is 11.9 Å². The van der Waals surface area contributed by atoms with Crippen LogP contribution in [-0.4, -0.2) is 19.0 Å². The van der Waals surface area contributed by atoms with Crippen molar-refractivity contribution in [2.24, 2.45) is 0 Å². The number of hydrogen-bond acceptors (Lipinski definition) is 4. The summed E-state index contributed by atoms with van der Waals surface area (Å²) in [5.41, 5.74) is 1.09. The predicted octanol–water partition coefficient (Wildman–Crippen LogP) is 0.236. The highest BCUT2D eigenvalue weighted by atomic mass is 16.5. The SMILES string of the molecule is COC(=O)c1ccc(/C=C/C(=O)[O-])cc1. The summed E-state index contributed by atoms with van der Waals surface area (Å²) >= 11 is 0. The van der Waals surface area contributed by atoms with Crippen molar-refractivity contribution < 1.29 is 19.4 Å². The number of carboxylic acids is 1. The van der Waals surface area contributed by atoms with Gasteiger partial charge in [0.05, 0.1) is 18.6 Å². The Balaban J connectivity index is 2.81. The fourth-order valence-corrected chi connectivity index (χ4v) is 1.01. The van der Waals surface area contributed by atoms with Gasteiger partial charge in [-0.25, -0.2) is 4.79 Å². The molecule has 0 spiro atoms. The van der Waals surface area contributed by atoms with Crippen molar-refractivity contribution in [1.82, 2.24) is 0 Å². The monoisotopic (exact) mass is 205 g/mol. The lowest BCUT2D eigenvalue weighted by atomic mass is 10.1. The van der Waals surface area contributed by atoms with Crippen molar-refractivity contribution in [3.63, 3.8) is 0 Å². The molecular formula is C11H9O4-. The lowest BCUT2D eigenvalue weighted by Gasteiger charge is -1.99. The van der Waals surface area contributed by atoms with Crippen LogP contribution >= 0.6 is 0 Å². The van der Waals surface area contributed by atoms with E-state index in [9.17, 15) is 14.7 Å². The molecule has 0 fully saturated rings. The topological polar surface area (TPSA) is 66.4 Å². The molecule has 1 aromatic rings. The molecule has 0 heterocycles. The van der Waals surface area contributed by atoms with E-state index >= 15 is 0 Å². The second-order valence-electron chi connectivity index (χ2n) is 2.77. The molecule has 0 aliphatic carbocycles. The summed E-state index contributed by atoms with van der Waals surface area (Å²) in [5, 5.41) is 10.1. The number of aliphatic carboxylic acids is 1. The van der Waals surface area contributed by atoms with Crippen molar-refractivity contribution in [3.05, 3.63) is 41.5 Å². The van der Waals surface area contributed by atoms with E-state index in [1.807, 2.05) is 0 Å². The molecule has 0 amide bonds. The molecule has 0 saturated heterocycles. The molecule has 0 radical (unpaired) electrons. The molecule has 0 bridgehead atoms. The second-order valence-corrected chi connectivity index (χ2v) is 2.77. The molecule has 0 saturated carbocycles. The zero-order chi connectivity index (χ0) is 11.3. The number of hydrogen-bond donors (Lipinski definition) is 0. The van der Waals surface area contributed by atoms with Gasteiger partial charge in [-0.1, -0.05) is 18.2 Å². The van der Waals surface area contributed by atoms with Gasteiger partial charge in [-0.05, 0) is 23.8 Å². The minimum absolute atomic E-state index is 0.420. The number of carboxylic acid groups (broad SMARTS) is 1. The average Bonchev–Trinajstić information content (AvgIpc) is 2.26. The normalized spacial score (nSPS) is 10.2. The van der Waals surface area contributed by atoms with Gasteiger partial charge in [0.1, 0.15) is 0 Å². The smallest absolute Gasteiger partial charge is 0.337 e. The number of carbonyl (C=O) groups excluding carboxylic acids is 2. The first-order valence-corrected chi connectivity index (χ1v) is 4.21. The summed E-state index contributed by atoms with van der Waals surface area (Å²) in [5.74, 6) is -1.68. The molecule has 1 rings (SSSR count). The first-order chi connectivity index (χ1) is 7.13. The van der Waals surface area contributed by atoms with Gasteiger partial charge in [-0.15, -0.1) is 0 Å². The van der Waals surface area contributed by atoms with Crippen LogP contribution in [-0.2, 0) is 9.53 Å². The molecule has 0 aliphatic heterocycles. The maximum absolute atomic E-state index is 11.0. The Morgan fingerprint density at radius 3 is 2.33 bits per heavy atom. The number of rotatable bonds is 3. The van der Waals surface area contributed by atoms with E-state index in [-0.39, 0.29) is 0 Å². The molecule has 0 N–H and O–H groups in total. The highest BCUT2D eigenvalue weighted by molar-refractivity contribution is 5.89. The van der Waals surface area contributed by atoms with Crippen molar-refractivity contribution >= 4 is 18.0 Å². The van der Waals surface area contributed by atoms with Crippen molar-refractivity contribution in [1.29, 1.82) is 0 Å². The summed E-state index contributed by atoms with van der Waals surface area (Å²) in [6, 6.07) is 6.35. The molecule has 4 nitrogen and oxygen atoms in total. The van der Waals surface area contributed by atoms with Gasteiger partial charge in [0.25, 0.3) is 0 Å². The van der Waals surface area contributed by atoms with Crippen LogP contribution in [0.4, 0.5) is 0 Å². The quantitative estimate of drug-likeness (QED) is 0.523. The lowest BCUT2D eigenvalue weighted by molar-refractivity contribution is -0.297. The van der Waals surface area contributed by atoms with Gasteiger partial charge in [-0.3, -0.25) is 0 Å². The molecule has 0 aromatic heterocycles. The van der Waals surface area contributed by atoms with E-state index in [0.717, 1.165) is 6.08 Å². The molecule has 15 heavy (non-hydrogen) atoms. The summed E-state index contributed by atoms with van der Waals surface area (Å²) in [4.78, 5) is 21.2. The van der Waals surface area contributed by atoms with Crippen LogP contribution in [0.1, 0.15) is 15.9 Å². The van der Waals surface area contributed by atoms with Gasteiger partial charge in [-0.2, -0.15) is 0 Å². The van der Waals surface area contributed by atoms with Crippen molar-refractivity contribution in [3.8, 4) is 0 Å². The number of ether oxygens (including phenoxy) is 1. The first-order valence-electron chi connectivity index (χ1n) is 4.21. The number of carbonyl (C=O) groups is 2. The third kappa shape index (κ3) is 3.27.